The molecule has 0 atom stereocenters. The van der Waals surface area contributed by atoms with Crippen LogP contribution in [0.1, 0.15) is 24.0 Å². The summed E-state index contributed by atoms with van der Waals surface area (Å²) in [7, 11) is 3.83. The smallest absolute Gasteiger partial charge is 0.123 e. The van der Waals surface area contributed by atoms with E-state index in [1.807, 2.05) is 18.2 Å². The molecule has 1 fully saturated rings. The van der Waals surface area contributed by atoms with Crippen molar-refractivity contribution < 1.29 is 9.47 Å². The number of ether oxygens (including phenoxy) is 2. The summed E-state index contributed by atoms with van der Waals surface area (Å²) in [5.74, 6) is 0.879. The van der Waals surface area contributed by atoms with Crippen molar-refractivity contribution in [2.24, 2.45) is 5.73 Å². The SMILES string of the molecule is COc1ccc(C(N)=S)cc1CN(C)C1CCOCC1. The first-order valence-corrected chi connectivity index (χ1v) is 7.27. The lowest BCUT2D eigenvalue weighted by Gasteiger charge is -2.31. The molecule has 0 spiro atoms. The largest absolute Gasteiger partial charge is 0.496 e. The lowest BCUT2D eigenvalue weighted by Crippen LogP contribution is -2.36. The summed E-state index contributed by atoms with van der Waals surface area (Å²) in [6.07, 6.45) is 2.15. The lowest BCUT2D eigenvalue weighted by molar-refractivity contribution is 0.0405. The predicted molar refractivity (Wildman–Crippen MR) is 84.2 cm³/mol. The summed E-state index contributed by atoms with van der Waals surface area (Å²) < 4.78 is 10.8. The summed E-state index contributed by atoms with van der Waals surface area (Å²) >= 11 is 5.05. The van der Waals surface area contributed by atoms with Crippen molar-refractivity contribution in [3.05, 3.63) is 29.3 Å². The Morgan fingerprint density at radius 3 is 2.75 bits per heavy atom. The number of thiocarbonyl (C=S) groups is 1. The molecule has 1 saturated heterocycles. The zero-order chi connectivity index (χ0) is 14.5. The average molecular weight is 294 g/mol. The molecule has 0 radical (unpaired) electrons. The molecule has 5 heteroatoms. The Bertz CT molecular complexity index is 473. The molecule has 1 aromatic carbocycles. The van der Waals surface area contributed by atoms with Crippen molar-refractivity contribution >= 4 is 17.2 Å². The molecule has 0 bridgehead atoms. The maximum absolute atomic E-state index is 5.71. The van der Waals surface area contributed by atoms with Crippen LogP contribution in [0.15, 0.2) is 18.2 Å². The minimum Gasteiger partial charge on any atom is -0.496 e. The van der Waals surface area contributed by atoms with E-state index in [1.165, 1.54) is 0 Å². The zero-order valence-corrected chi connectivity index (χ0v) is 12.9. The Labute approximate surface area is 125 Å². The van der Waals surface area contributed by atoms with Crippen LogP contribution < -0.4 is 10.5 Å². The van der Waals surface area contributed by atoms with Crippen LogP contribution in [0.5, 0.6) is 5.75 Å². The van der Waals surface area contributed by atoms with Crippen molar-refractivity contribution in [3.63, 3.8) is 0 Å². The van der Waals surface area contributed by atoms with Gasteiger partial charge in [-0.25, -0.2) is 0 Å². The molecule has 1 aromatic rings. The third-order valence-electron chi connectivity index (χ3n) is 3.80. The molecule has 0 aromatic heterocycles. The number of nitrogens with two attached hydrogens (primary N) is 1. The molecule has 2 N–H and O–H groups in total. The van der Waals surface area contributed by atoms with Gasteiger partial charge in [0.1, 0.15) is 10.7 Å². The van der Waals surface area contributed by atoms with Crippen LogP contribution >= 0.6 is 12.2 Å². The molecular weight excluding hydrogens is 272 g/mol. The van der Waals surface area contributed by atoms with E-state index < -0.39 is 0 Å². The van der Waals surface area contributed by atoms with E-state index in [9.17, 15) is 0 Å². The summed E-state index contributed by atoms with van der Waals surface area (Å²) in [4.78, 5) is 2.77. The topological polar surface area (TPSA) is 47.7 Å². The molecule has 0 aliphatic carbocycles. The highest BCUT2D eigenvalue weighted by Gasteiger charge is 2.19. The van der Waals surface area contributed by atoms with Crippen molar-refractivity contribution in [2.75, 3.05) is 27.4 Å². The van der Waals surface area contributed by atoms with E-state index in [-0.39, 0.29) is 0 Å². The van der Waals surface area contributed by atoms with E-state index in [2.05, 4.69) is 11.9 Å². The van der Waals surface area contributed by atoms with Gasteiger partial charge in [0.2, 0.25) is 0 Å². The maximum atomic E-state index is 5.71. The summed E-state index contributed by atoms with van der Waals surface area (Å²) in [6.45, 7) is 2.52. The second-order valence-electron chi connectivity index (χ2n) is 5.15. The minimum absolute atomic E-state index is 0.419. The average Bonchev–Trinajstić information content (AvgIpc) is 2.48. The zero-order valence-electron chi connectivity index (χ0n) is 12.1. The van der Waals surface area contributed by atoms with Gasteiger partial charge >= 0.3 is 0 Å². The summed E-state index contributed by atoms with van der Waals surface area (Å²) in [5, 5.41) is 0. The first-order valence-electron chi connectivity index (χ1n) is 6.86. The first-order chi connectivity index (χ1) is 9.61. The third kappa shape index (κ3) is 3.69. The third-order valence-corrected chi connectivity index (χ3v) is 4.03. The van der Waals surface area contributed by atoms with E-state index in [0.29, 0.717) is 11.0 Å². The number of methoxy groups -OCH3 is 1. The normalized spacial score (nSPS) is 16.4. The Morgan fingerprint density at radius 2 is 2.15 bits per heavy atom. The second-order valence-corrected chi connectivity index (χ2v) is 5.59. The van der Waals surface area contributed by atoms with Crippen molar-refractivity contribution in [1.29, 1.82) is 0 Å². The molecule has 1 aliphatic heterocycles. The Kier molecular flexibility index (Phi) is 5.34. The van der Waals surface area contributed by atoms with Crippen LogP contribution in [0.2, 0.25) is 0 Å². The molecule has 20 heavy (non-hydrogen) atoms. The second kappa shape index (κ2) is 7.02. The molecule has 4 nitrogen and oxygen atoms in total. The van der Waals surface area contributed by atoms with Gasteiger partial charge in [-0.1, -0.05) is 12.2 Å². The lowest BCUT2D eigenvalue weighted by atomic mass is 10.0. The molecule has 110 valence electrons. The van der Waals surface area contributed by atoms with Crippen LogP contribution in [0.4, 0.5) is 0 Å². The predicted octanol–water partition coefficient (Wildman–Crippen LogP) is 1.94. The van der Waals surface area contributed by atoms with Crippen LogP contribution in [-0.2, 0) is 11.3 Å². The molecule has 1 aliphatic rings. The van der Waals surface area contributed by atoms with Gasteiger partial charge in [-0.05, 0) is 38.1 Å². The van der Waals surface area contributed by atoms with Gasteiger partial charge in [-0.2, -0.15) is 0 Å². The molecule has 1 heterocycles. The van der Waals surface area contributed by atoms with Crippen molar-refractivity contribution in [1.82, 2.24) is 4.90 Å². The van der Waals surface area contributed by atoms with Crippen LogP contribution in [-0.4, -0.2) is 43.3 Å². The molecule has 0 unspecified atom stereocenters. The fraction of sp³-hybridized carbons (Fsp3) is 0.533. The first kappa shape index (κ1) is 15.2. The quantitative estimate of drug-likeness (QED) is 0.841. The van der Waals surface area contributed by atoms with Gasteiger partial charge in [-0.15, -0.1) is 0 Å². The Balaban J connectivity index is 2.13. The Hall–Kier alpha value is -1.17. The van der Waals surface area contributed by atoms with Gasteiger partial charge in [0.15, 0.2) is 0 Å². The van der Waals surface area contributed by atoms with Crippen LogP contribution in [0.3, 0.4) is 0 Å². The molecule has 0 amide bonds. The van der Waals surface area contributed by atoms with Crippen molar-refractivity contribution in [3.8, 4) is 5.75 Å². The fourth-order valence-electron chi connectivity index (χ4n) is 2.58. The highest BCUT2D eigenvalue weighted by atomic mass is 32.1. The fourth-order valence-corrected chi connectivity index (χ4v) is 2.71. The Morgan fingerprint density at radius 1 is 1.45 bits per heavy atom. The highest BCUT2D eigenvalue weighted by Crippen LogP contribution is 2.23. The van der Waals surface area contributed by atoms with Crippen molar-refractivity contribution in [2.45, 2.75) is 25.4 Å². The van der Waals surface area contributed by atoms with Gasteiger partial charge in [0.05, 0.1) is 7.11 Å². The summed E-state index contributed by atoms with van der Waals surface area (Å²) in [5.41, 5.74) is 7.71. The van der Waals surface area contributed by atoms with Crippen LogP contribution in [0.25, 0.3) is 0 Å². The number of nitrogens with zero attached hydrogens (tertiary/aromatic N) is 1. The number of hydrogen-bond acceptors (Lipinski definition) is 4. The van der Waals surface area contributed by atoms with Crippen LogP contribution in [0, 0.1) is 0 Å². The van der Waals surface area contributed by atoms with Gasteiger partial charge in [0.25, 0.3) is 0 Å². The maximum Gasteiger partial charge on any atom is 0.123 e. The highest BCUT2D eigenvalue weighted by molar-refractivity contribution is 7.80. The standard InChI is InChI=1S/C15H22N2O2S/c1-17(13-5-7-19-8-6-13)10-12-9-11(15(16)20)3-4-14(12)18-2/h3-4,9,13H,5-8,10H2,1-2H3,(H2,16,20). The monoisotopic (exact) mass is 294 g/mol. The molecule has 0 saturated carbocycles. The number of rotatable bonds is 5. The minimum atomic E-state index is 0.419. The van der Waals surface area contributed by atoms with Gasteiger partial charge in [-0.3, -0.25) is 4.90 Å². The number of hydrogen-bond donors (Lipinski definition) is 1. The van der Waals surface area contributed by atoms with E-state index >= 15 is 0 Å². The van der Waals surface area contributed by atoms with Gasteiger partial charge < -0.3 is 15.2 Å². The summed E-state index contributed by atoms with van der Waals surface area (Å²) in [6, 6.07) is 6.42. The number of benzene rings is 1. The molecule has 2 rings (SSSR count). The van der Waals surface area contributed by atoms with E-state index in [1.54, 1.807) is 7.11 Å². The van der Waals surface area contributed by atoms with Gasteiger partial charge in [0, 0.05) is 36.9 Å². The van der Waals surface area contributed by atoms with E-state index in [0.717, 1.165) is 49.5 Å². The van der Waals surface area contributed by atoms with E-state index in [4.69, 9.17) is 27.4 Å². The molecular formula is C15H22N2O2S.